The number of carbonyl (C=O) groups excluding carboxylic acids is 1. The Hall–Kier alpha value is -3.27. The fourth-order valence-corrected chi connectivity index (χ4v) is 5.24. The van der Waals surface area contributed by atoms with Crippen molar-refractivity contribution in [1.29, 1.82) is 0 Å². The number of rotatable bonds is 6. The first-order chi connectivity index (χ1) is 16.6. The van der Waals surface area contributed by atoms with Crippen molar-refractivity contribution in [2.24, 2.45) is 4.99 Å². The van der Waals surface area contributed by atoms with Gasteiger partial charge in [0, 0.05) is 0 Å². The van der Waals surface area contributed by atoms with Gasteiger partial charge < -0.3 is 14.2 Å². The Balaban J connectivity index is 1.60. The van der Waals surface area contributed by atoms with E-state index in [1.807, 2.05) is 38.1 Å². The van der Waals surface area contributed by atoms with E-state index >= 15 is 0 Å². The number of hydrogen-bond donors (Lipinski definition) is 1. The lowest BCUT2D eigenvalue weighted by atomic mass is 10.2. The molecule has 180 valence electrons. The molecular weight excluding hydrogens is 508 g/mol. The van der Waals surface area contributed by atoms with Crippen molar-refractivity contribution in [3.63, 3.8) is 0 Å². The zero-order valence-electron chi connectivity index (χ0n) is 19.0. The van der Waals surface area contributed by atoms with E-state index in [-0.39, 0.29) is 27.3 Å². The molecule has 1 aliphatic rings. The Morgan fingerprint density at radius 2 is 1.63 bits per heavy atom. The van der Waals surface area contributed by atoms with E-state index in [4.69, 9.17) is 20.5 Å². The summed E-state index contributed by atoms with van der Waals surface area (Å²) in [5, 5.41) is 3.20. The molecule has 1 heterocycles. The summed E-state index contributed by atoms with van der Waals surface area (Å²) in [6, 6.07) is 16.9. The Bertz CT molecular complexity index is 1450. The van der Waals surface area contributed by atoms with Gasteiger partial charge in [0.25, 0.3) is 5.91 Å². The van der Waals surface area contributed by atoms with Crippen LogP contribution in [0.1, 0.15) is 16.7 Å². The second kappa shape index (κ2) is 10.2. The zero-order valence-corrected chi connectivity index (χ0v) is 21.4. The third-order valence-corrected chi connectivity index (χ3v) is 7.39. The lowest BCUT2D eigenvalue weighted by Gasteiger charge is -2.13. The molecule has 0 spiro atoms. The number of nitrogens with zero attached hydrogens (tertiary/aromatic N) is 1. The minimum atomic E-state index is -4.13. The SMILES string of the molecule is COc1cc(/C=C2\SC(=Nc3ccc(C)cc3)NC2=O)cc(Cl)c1OS(=O)(=O)c1ccc(C)cc1. The number of nitrogens with one attached hydrogen (secondary N) is 1. The smallest absolute Gasteiger partial charge is 0.339 e. The Labute approximate surface area is 212 Å². The van der Waals surface area contributed by atoms with E-state index < -0.39 is 10.1 Å². The summed E-state index contributed by atoms with van der Waals surface area (Å²) in [7, 11) is -2.76. The molecule has 0 bridgehead atoms. The molecule has 0 unspecified atom stereocenters. The van der Waals surface area contributed by atoms with Crippen molar-refractivity contribution < 1.29 is 22.1 Å². The summed E-state index contributed by atoms with van der Waals surface area (Å²) >= 11 is 7.56. The third kappa shape index (κ3) is 5.87. The molecule has 0 aliphatic carbocycles. The number of benzene rings is 3. The molecule has 1 N–H and O–H groups in total. The number of methoxy groups -OCH3 is 1. The van der Waals surface area contributed by atoms with Crippen molar-refractivity contribution in [2.45, 2.75) is 18.7 Å². The number of aliphatic imine (C=N–C) groups is 1. The van der Waals surface area contributed by atoms with Crippen LogP contribution in [0.3, 0.4) is 0 Å². The molecule has 1 saturated heterocycles. The molecule has 1 amide bonds. The van der Waals surface area contributed by atoms with E-state index in [0.29, 0.717) is 15.6 Å². The van der Waals surface area contributed by atoms with Gasteiger partial charge in [0.1, 0.15) is 4.90 Å². The number of amides is 1. The maximum absolute atomic E-state index is 12.7. The number of carbonyl (C=O) groups is 1. The van der Waals surface area contributed by atoms with Crippen LogP contribution >= 0.6 is 23.4 Å². The molecule has 4 rings (SSSR count). The number of halogens is 1. The van der Waals surface area contributed by atoms with Crippen LogP contribution in [0.25, 0.3) is 6.08 Å². The van der Waals surface area contributed by atoms with Crippen LogP contribution in [-0.4, -0.2) is 26.6 Å². The Morgan fingerprint density at radius 3 is 2.26 bits per heavy atom. The van der Waals surface area contributed by atoms with Crippen LogP contribution in [0.5, 0.6) is 11.5 Å². The van der Waals surface area contributed by atoms with Crippen LogP contribution in [0.15, 0.2) is 75.5 Å². The first kappa shape index (κ1) is 24.8. The topological polar surface area (TPSA) is 94.1 Å². The van der Waals surface area contributed by atoms with Crippen molar-refractivity contribution in [2.75, 3.05) is 7.11 Å². The van der Waals surface area contributed by atoms with Crippen LogP contribution in [0.2, 0.25) is 5.02 Å². The zero-order chi connectivity index (χ0) is 25.2. The molecular formula is C25H21ClN2O5S2. The molecule has 10 heteroatoms. The lowest BCUT2D eigenvalue weighted by Crippen LogP contribution is -2.19. The summed E-state index contributed by atoms with van der Waals surface area (Å²) in [5.41, 5.74) is 3.28. The number of aryl methyl sites for hydroxylation is 2. The van der Waals surface area contributed by atoms with Gasteiger partial charge in [-0.05, 0) is 73.6 Å². The van der Waals surface area contributed by atoms with E-state index in [0.717, 1.165) is 16.8 Å². The van der Waals surface area contributed by atoms with Gasteiger partial charge in [-0.1, -0.05) is 47.0 Å². The van der Waals surface area contributed by atoms with E-state index in [9.17, 15) is 13.2 Å². The van der Waals surface area contributed by atoms with Gasteiger partial charge in [-0.25, -0.2) is 4.99 Å². The van der Waals surface area contributed by atoms with Crippen molar-refractivity contribution in [3.05, 3.63) is 87.3 Å². The van der Waals surface area contributed by atoms with E-state index in [1.165, 1.54) is 37.1 Å². The van der Waals surface area contributed by atoms with E-state index in [1.54, 1.807) is 24.3 Å². The minimum absolute atomic E-state index is 0.00756. The molecule has 1 fully saturated rings. The lowest BCUT2D eigenvalue weighted by molar-refractivity contribution is -0.115. The van der Waals surface area contributed by atoms with Gasteiger partial charge in [-0.3, -0.25) is 4.79 Å². The van der Waals surface area contributed by atoms with Crippen LogP contribution in [0.4, 0.5) is 5.69 Å². The number of ether oxygens (including phenoxy) is 1. The quantitative estimate of drug-likeness (QED) is 0.329. The molecule has 0 saturated carbocycles. The van der Waals surface area contributed by atoms with Crippen molar-refractivity contribution in [1.82, 2.24) is 5.32 Å². The van der Waals surface area contributed by atoms with Gasteiger partial charge in [0.2, 0.25) is 5.75 Å². The third-order valence-electron chi connectivity index (χ3n) is 4.97. The first-order valence-electron chi connectivity index (χ1n) is 10.4. The second-order valence-electron chi connectivity index (χ2n) is 7.70. The Morgan fingerprint density at radius 1 is 1.00 bits per heavy atom. The summed E-state index contributed by atoms with van der Waals surface area (Å²) in [6.45, 7) is 3.84. The highest BCUT2D eigenvalue weighted by molar-refractivity contribution is 8.18. The first-order valence-corrected chi connectivity index (χ1v) is 13.0. The van der Waals surface area contributed by atoms with E-state index in [2.05, 4.69) is 10.3 Å². The highest BCUT2D eigenvalue weighted by Crippen LogP contribution is 2.39. The molecule has 0 radical (unpaired) electrons. The maximum Gasteiger partial charge on any atom is 0.339 e. The van der Waals surface area contributed by atoms with Gasteiger partial charge in [-0.15, -0.1) is 0 Å². The molecule has 35 heavy (non-hydrogen) atoms. The molecule has 0 atom stereocenters. The van der Waals surface area contributed by atoms with Gasteiger partial charge in [0.15, 0.2) is 10.9 Å². The summed E-state index contributed by atoms with van der Waals surface area (Å²) in [5.74, 6) is -0.336. The average molecular weight is 529 g/mol. The number of hydrogen-bond acceptors (Lipinski definition) is 7. The molecule has 3 aromatic rings. The predicted octanol–water partition coefficient (Wildman–Crippen LogP) is 5.62. The normalized spacial score (nSPS) is 15.9. The van der Waals surface area contributed by atoms with Gasteiger partial charge >= 0.3 is 10.1 Å². The number of thioether (sulfide) groups is 1. The largest absolute Gasteiger partial charge is 0.493 e. The summed E-state index contributed by atoms with van der Waals surface area (Å²) < 4.78 is 36.1. The highest BCUT2D eigenvalue weighted by Gasteiger charge is 2.25. The predicted molar refractivity (Wildman–Crippen MR) is 139 cm³/mol. The summed E-state index contributed by atoms with van der Waals surface area (Å²) in [4.78, 5) is 17.3. The van der Waals surface area contributed by atoms with Crippen molar-refractivity contribution in [3.8, 4) is 11.5 Å². The maximum atomic E-state index is 12.7. The minimum Gasteiger partial charge on any atom is -0.493 e. The molecule has 1 aliphatic heterocycles. The molecule has 7 nitrogen and oxygen atoms in total. The highest BCUT2D eigenvalue weighted by atomic mass is 35.5. The summed E-state index contributed by atoms with van der Waals surface area (Å²) in [6.07, 6.45) is 1.62. The standard InChI is InChI=1S/C25H21ClN2O5S2/c1-15-4-8-18(9-5-15)27-25-28-24(29)22(34-25)14-17-12-20(26)23(21(13-17)32-3)33-35(30,31)19-10-6-16(2)7-11-19/h4-14H,1-3H3,(H,27,28,29)/b22-14-. The van der Waals surface area contributed by atoms with Crippen LogP contribution < -0.4 is 14.2 Å². The fourth-order valence-electron chi connectivity index (χ4n) is 3.14. The average Bonchev–Trinajstić information content (AvgIpc) is 3.15. The molecule has 3 aromatic carbocycles. The molecule has 0 aromatic heterocycles. The van der Waals surface area contributed by atoms with Crippen LogP contribution in [-0.2, 0) is 14.9 Å². The van der Waals surface area contributed by atoms with Gasteiger partial charge in [0.05, 0.1) is 22.7 Å². The van der Waals surface area contributed by atoms with Crippen LogP contribution in [0, 0.1) is 13.8 Å². The van der Waals surface area contributed by atoms with Crippen molar-refractivity contribution >= 4 is 56.3 Å². The number of amidine groups is 1. The van der Waals surface area contributed by atoms with Gasteiger partial charge in [-0.2, -0.15) is 8.42 Å². The Kier molecular flexibility index (Phi) is 7.20. The monoisotopic (exact) mass is 528 g/mol. The fraction of sp³-hybridized carbons (Fsp3) is 0.120. The second-order valence-corrected chi connectivity index (χ2v) is 10.7.